The zero-order valence-electron chi connectivity index (χ0n) is 28.9. The summed E-state index contributed by atoms with van der Waals surface area (Å²) in [5.41, 5.74) is -2.50. The van der Waals surface area contributed by atoms with Crippen LogP contribution >= 0.6 is 11.6 Å². The molecule has 0 spiro atoms. The monoisotopic (exact) mass is 834 g/mol. The SMILES string of the molecule is CC1C=C(Cl)c2c(NS(C)(=O)=O)nn(C)c2C1n1c([C@H](Cc2cc(F)cc(F)c2)NC(=O)Cn2ccc(C(F)(F)F)n2)nc2ccc(OC(F)(F)F)cc2c1=O. The largest absolute Gasteiger partial charge is 0.573 e. The molecule has 13 nitrogen and oxygen atoms in total. The third kappa shape index (κ3) is 8.64. The van der Waals surface area contributed by atoms with Gasteiger partial charge in [-0.05, 0) is 42.0 Å². The lowest BCUT2D eigenvalue weighted by molar-refractivity contribution is -0.274. The number of ether oxygens (including phenoxy) is 1. The molecule has 3 atom stereocenters. The van der Waals surface area contributed by atoms with Gasteiger partial charge in [0.1, 0.15) is 29.8 Å². The molecule has 3 aromatic heterocycles. The molecule has 298 valence electrons. The van der Waals surface area contributed by atoms with E-state index in [2.05, 4.69) is 30.0 Å². The van der Waals surface area contributed by atoms with E-state index in [4.69, 9.17) is 11.6 Å². The van der Waals surface area contributed by atoms with E-state index >= 15 is 0 Å². The molecule has 1 amide bonds. The summed E-state index contributed by atoms with van der Waals surface area (Å²) in [6, 6.07) is 2.91. The number of alkyl halides is 6. The molecule has 2 unspecified atom stereocenters. The smallest absolute Gasteiger partial charge is 0.406 e. The first kappa shape index (κ1) is 40.2. The molecule has 3 heterocycles. The summed E-state index contributed by atoms with van der Waals surface area (Å²) in [6.07, 6.45) is -7.32. The van der Waals surface area contributed by atoms with Crippen molar-refractivity contribution < 1.29 is 53.1 Å². The van der Waals surface area contributed by atoms with Crippen LogP contribution in [-0.4, -0.2) is 56.1 Å². The molecule has 0 bridgehead atoms. The normalized spacial score (nSPS) is 16.7. The summed E-state index contributed by atoms with van der Waals surface area (Å²) in [5.74, 6) is -5.23. The zero-order chi connectivity index (χ0) is 41.1. The van der Waals surface area contributed by atoms with Crippen LogP contribution in [0.3, 0.4) is 0 Å². The number of aromatic nitrogens is 6. The fraction of sp³-hybridized carbons (Fsp3) is 0.303. The minimum absolute atomic E-state index is 0.00440. The van der Waals surface area contributed by atoms with Gasteiger partial charge in [0, 0.05) is 36.7 Å². The van der Waals surface area contributed by atoms with Gasteiger partial charge in [0.05, 0.1) is 40.5 Å². The molecule has 5 aromatic rings. The third-order valence-electron chi connectivity index (χ3n) is 8.46. The van der Waals surface area contributed by atoms with Gasteiger partial charge in [-0.15, -0.1) is 13.2 Å². The van der Waals surface area contributed by atoms with Crippen LogP contribution in [0.4, 0.5) is 40.9 Å². The highest BCUT2D eigenvalue weighted by atomic mass is 35.5. The van der Waals surface area contributed by atoms with Crippen LogP contribution in [0.2, 0.25) is 0 Å². The predicted octanol–water partition coefficient (Wildman–Crippen LogP) is 5.81. The second kappa shape index (κ2) is 14.5. The van der Waals surface area contributed by atoms with E-state index < -0.39 is 93.5 Å². The van der Waals surface area contributed by atoms with Crippen molar-refractivity contribution in [2.45, 2.75) is 44.5 Å². The molecule has 2 aromatic carbocycles. The van der Waals surface area contributed by atoms with Gasteiger partial charge in [-0.2, -0.15) is 23.4 Å². The fourth-order valence-electron chi connectivity index (χ4n) is 6.44. The van der Waals surface area contributed by atoms with E-state index in [0.717, 1.165) is 47.4 Å². The van der Waals surface area contributed by atoms with Crippen molar-refractivity contribution in [1.29, 1.82) is 0 Å². The number of carbonyl (C=O) groups excluding carboxylic acids is 1. The van der Waals surface area contributed by atoms with Gasteiger partial charge in [-0.25, -0.2) is 22.2 Å². The minimum atomic E-state index is -5.16. The molecule has 1 aliphatic carbocycles. The van der Waals surface area contributed by atoms with E-state index in [1.165, 1.54) is 17.8 Å². The van der Waals surface area contributed by atoms with Gasteiger partial charge in [-0.3, -0.25) is 28.2 Å². The maximum atomic E-state index is 14.7. The van der Waals surface area contributed by atoms with Gasteiger partial charge in [0.15, 0.2) is 11.5 Å². The quantitative estimate of drug-likeness (QED) is 0.167. The lowest BCUT2D eigenvalue weighted by atomic mass is 9.89. The summed E-state index contributed by atoms with van der Waals surface area (Å²) in [5, 5.41) is 9.74. The molecule has 1 aliphatic rings. The Morgan fingerprint density at radius 3 is 2.32 bits per heavy atom. The molecular formula is C33H27ClF8N8O5S. The van der Waals surface area contributed by atoms with Crippen molar-refractivity contribution in [3.63, 3.8) is 0 Å². The highest BCUT2D eigenvalue weighted by molar-refractivity contribution is 7.92. The first-order valence-electron chi connectivity index (χ1n) is 16.1. The maximum absolute atomic E-state index is 14.7. The van der Waals surface area contributed by atoms with Crippen molar-refractivity contribution in [2.24, 2.45) is 13.0 Å². The van der Waals surface area contributed by atoms with Gasteiger partial charge in [0.25, 0.3) is 5.56 Å². The summed E-state index contributed by atoms with van der Waals surface area (Å²) in [4.78, 5) is 32.8. The number of benzene rings is 2. The number of nitrogens with one attached hydrogen (secondary N) is 2. The number of hydrogen-bond donors (Lipinski definition) is 2. The number of carbonyl (C=O) groups is 1. The Bertz CT molecular complexity index is 2550. The average Bonchev–Trinajstić information content (AvgIpc) is 3.64. The van der Waals surface area contributed by atoms with E-state index in [0.29, 0.717) is 16.8 Å². The molecule has 6 rings (SSSR count). The number of amides is 1. The molecule has 0 saturated carbocycles. The lowest BCUT2D eigenvalue weighted by Gasteiger charge is -2.33. The Labute approximate surface area is 315 Å². The average molecular weight is 835 g/mol. The number of hydrogen-bond acceptors (Lipinski definition) is 8. The number of sulfonamides is 1. The Morgan fingerprint density at radius 2 is 1.71 bits per heavy atom. The first-order valence-corrected chi connectivity index (χ1v) is 18.3. The van der Waals surface area contributed by atoms with Crippen LogP contribution in [0.5, 0.6) is 5.75 Å². The molecule has 0 saturated heterocycles. The van der Waals surface area contributed by atoms with Crippen molar-refractivity contribution in [1.82, 2.24) is 34.4 Å². The Hall–Kier alpha value is -5.51. The molecule has 0 radical (unpaired) electrons. The molecule has 23 heteroatoms. The number of aryl methyl sites for hydroxylation is 1. The van der Waals surface area contributed by atoms with Gasteiger partial charge >= 0.3 is 12.5 Å². The number of allylic oxidation sites excluding steroid dienone is 1. The van der Waals surface area contributed by atoms with Crippen molar-refractivity contribution >= 4 is 49.3 Å². The summed E-state index contributed by atoms with van der Waals surface area (Å²) >= 11 is 6.61. The van der Waals surface area contributed by atoms with E-state index in [1.807, 2.05) is 0 Å². The molecule has 0 fully saturated rings. The predicted molar refractivity (Wildman–Crippen MR) is 184 cm³/mol. The number of rotatable bonds is 10. The third-order valence-corrected chi connectivity index (χ3v) is 9.34. The summed E-state index contributed by atoms with van der Waals surface area (Å²) in [6.45, 7) is 0.770. The highest BCUT2D eigenvalue weighted by Gasteiger charge is 2.39. The first-order chi connectivity index (χ1) is 26.0. The van der Waals surface area contributed by atoms with Gasteiger partial charge in [-0.1, -0.05) is 24.6 Å². The van der Waals surface area contributed by atoms with Crippen LogP contribution in [0.15, 0.2) is 59.5 Å². The van der Waals surface area contributed by atoms with Crippen LogP contribution < -0.4 is 20.3 Å². The lowest BCUT2D eigenvalue weighted by Crippen LogP contribution is -2.41. The Kier molecular flexibility index (Phi) is 10.4. The van der Waals surface area contributed by atoms with Crippen molar-refractivity contribution in [3.05, 3.63) is 105 Å². The zero-order valence-corrected chi connectivity index (χ0v) is 30.4. The maximum Gasteiger partial charge on any atom is 0.573 e. The molecular weight excluding hydrogens is 808 g/mol. The van der Waals surface area contributed by atoms with Crippen LogP contribution in [0.1, 0.15) is 47.3 Å². The Morgan fingerprint density at radius 1 is 1.04 bits per heavy atom. The highest BCUT2D eigenvalue weighted by Crippen LogP contribution is 2.44. The minimum Gasteiger partial charge on any atom is -0.406 e. The van der Waals surface area contributed by atoms with Crippen molar-refractivity contribution in [3.8, 4) is 5.75 Å². The summed E-state index contributed by atoms with van der Waals surface area (Å²) < 4.78 is 142. The van der Waals surface area contributed by atoms with Gasteiger partial charge < -0.3 is 10.1 Å². The number of nitrogens with zero attached hydrogens (tertiary/aromatic N) is 6. The molecule has 0 aliphatic heterocycles. The van der Waals surface area contributed by atoms with Crippen molar-refractivity contribution in [2.75, 3.05) is 11.0 Å². The van der Waals surface area contributed by atoms with Gasteiger partial charge in [0.2, 0.25) is 15.9 Å². The number of halogens is 9. The van der Waals surface area contributed by atoms with Crippen LogP contribution in [0.25, 0.3) is 15.9 Å². The second-order valence-electron chi connectivity index (χ2n) is 12.8. The standard InChI is InChI=1S/C33H27ClF8N8O5S/c1-15-8-21(34)26-28(48(2)46-29(26)47-56(3,53)54)27(15)50-30(44-22-5-4-19(55-33(40,41)42)13-20(22)31(50)52)23(11-16-9-17(35)12-18(36)10-16)43-25(51)14-49-7-6-24(45-49)32(37,38)39/h4-10,12-13,15,23,27H,11,14H2,1-3H3,(H,43,51)(H,46,47)/t15?,23-,27?/m0/s1. The molecule has 56 heavy (non-hydrogen) atoms. The fourth-order valence-corrected chi connectivity index (χ4v) is 7.32. The second-order valence-corrected chi connectivity index (χ2v) is 15.0. The van der Waals surface area contributed by atoms with E-state index in [1.54, 1.807) is 6.92 Å². The number of anilines is 1. The summed E-state index contributed by atoms with van der Waals surface area (Å²) in [7, 11) is -2.57. The Balaban J connectivity index is 1.59. The van der Waals surface area contributed by atoms with Crippen LogP contribution in [0, 0.1) is 17.6 Å². The van der Waals surface area contributed by atoms with E-state index in [9.17, 15) is 53.1 Å². The number of fused-ring (bicyclic) bond motifs is 2. The topological polar surface area (TPSA) is 155 Å². The van der Waals surface area contributed by atoms with E-state index in [-0.39, 0.29) is 39.0 Å². The molecule has 2 N–H and O–H groups in total. The van der Waals surface area contributed by atoms with Crippen LogP contribution in [-0.2, 0) is 41.0 Å².